The predicted octanol–water partition coefficient (Wildman–Crippen LogP) is 6.24. The molecule has 0 saturated heterocycles. The maximum atomic E-state index is 6.19. The summed E-state index contributed by atoms with van der Waals surface area (Å²) in [4.78, 5) is 8.29. The average molecular weight is 360 g/mol. The van der Waals surface area contributed by atoms with Crippen LogP contribution >= 0.6 is 22.9 Å². The van der Waals surface area contributed by atoms with Crippen LogP contribution in [0.3, 0.4) is 0 Å². The molecule has 2 aromatic heterocycles. The van der Waals surface area contributed by atoms with E-state index in [0.717, 1.165) is 43.9 Å². The van der Waals surface area contributed by atoms with Crippen LogP contribution in [0.25, 0.3) is 22.2 Å². The van der Waals surface area contributed by atoms with E-state index < -0.39 is 0 Å². The molecule has 3 nitrogen and oxygen atoms in total. The number of halogens is 1. The van der Waals surface area contributed by atoms with Crippen LogP contribution in [-0.4, -0.2) is 16.0 Å². The summed E-state index contributed by atoms with van der Waals surface area (Å²) in [7, 11) is 0. The van der Waals surface area contributed by atoms with E-state index in [1.165, 1.54) is 25.7 Å². The smallest absolute Gasteiger partial charge is 0.183 e. The number of rotatable bonds is 3. The first-order chi connectivity index (χ1) is 11.6. The maximum Gasteiger partial charge on any atom is 0.183 e. The van der Waals surface area contributed by atoms with Crippen LogP contribution in [-0.2, 0) is 0 Å². The Morgan fingerprint density at radius 2 is 2.21 bits per heavy atom. The summed E-state index contributed by atoms with van der Waals surface area (Å²) >= 11 is 7.89. The highest BCUT2D eigenvalue weighted by Gasteiger charge is 2.20. The van der Waals surface area contributed by atoms with Gasteiger partial charge in [0.1, 0.15) is 0 Å². The van der Waals surface area contributed by atoms with Crippen LogP contribution in [0, 0.1) is 12.8 Å². The summed E-state index contributed by atoms with van der Waals surface area (Å²) in [6.45, 7) is 4.44. The van der Waals surface area contributed by atoms with Crippen molar-refractivity contribution in [2.24, 2.45) is 5.92 Å². The third-order valence-corrected chi connectivity index (χ3v) is 5.98. The van der Waals surface area contributed by atoms with E-state index in [4.69, 9.17) is 16.6 Å². The van der Waals surface area contributed by atoms with Gasteiger partial charge in [0.2, 0.25) is 0 Å². The first-order valence-corrected chi connectivity index (χ1v) is 9.86. The molecule has 24 heavy (non-hydrogen) atoms. The predicted molar refractivity (Wildman–Crippen MR) is 104 cm³/mol. The fourth-order valence-corrected chi connectivity index (χ4v) is 4.78. The minimum Gasteiger partial charge on any atom is -0.359 e. The Hall–Kier alpha value is -1.52. The molecule has 0 bridgehead atoms. The van der Waals surface area contributed by atoms with Gasteiger partial charge in [0, 0.05) is 38.6 Å². The van der Waals surface area contributed by atoms with Crippen LogP contribution in [0.1, 0.15) is 38.3 Å². The number of hydrogen-bond acceptors (Lipinski definition) is 3. The van der Waals surface area contributed by atoms with E-state index in [9.17, 15) is 0 Å². The molecule has 0 unspecified atom stereocenters. The van der Waals surface area contributed by atoms with Gasteiger partial charge >= 0.3 is 0 Å². The normalized spacial score (nSPS) is 21.3. The van der Waals surface area contributed by atoms with Crippen molar-refractivity contribution in [1.82, 2.24) is 9.97 Å². The molecular weight excluding hydrogens is 338 g/mol. The molecule has 4 rings (SSSR count). The molecule has 2 atom stereocenters. The van der Waals surface area contributed by atoms with Gasteiger partial charge in [0.15, 0.2) is 5.13 Å². The number of aromatic amines is 1. The quantitative estimate of drug-likeness (QED) is 0.580. The van der Waals surface area contributed by atoms with E-state index in [1.54, 1.807) is 11.3 Å². The molecule has 5 heteroatoms. The van der Waals surface area contributed by atoms with Crippen LogP contribution in [0.5, 0.6) is 0 Å². The maximum absolute atomic E-state index is 6.19. The first-order valence-electron chi connectivity index (χ1n) is 8.60. The Balaban J connectivity index is 1.63. The van der Waals surface area contributed by atoms with E-state index in [-0.39, 0.29) is 0 Å². The molecule has 2 N–H and O–H groups in total. The molecule has 1 aromatic carbocycles. The lowest BCUT2D eigenvalue weighted by Gasteiger charge is -2.27. The lowest BCUT2D eigenvalue weighted by Crippen LogP contribution is -2.26. The number of aromatic nitrogens is 2. The number of H-pyrrole nitrogens is 1. The molecule has 2 heterocycles. The highest BCUT2D eigenvalue weighted by atomic mass is 35.5. The van der Waals surface area contributed by atoms with Gasteiger partial charge in [-0.25, -0.2) is 4.98 Å². The second-order valence-electron chi connectivity index (χ2n) is 6.97. The molecule has 3 aromatic rings. The van der Waals surface area contributed by atoms with E-state index in [0.29, 0.717) is 6.04 Å². The van der Waals surface area contributed by atoms with Gasteiger partial charge in [-0.1, -0.05) is 31.4 Å². The van der Waals surface area contributed by atoms with Gasteiger partial charge in [0.05, 0.1) is 5.69 Å². The van der Waals surface area contributed by atoms with Gasteiger partial charge in [-0.2, -0.15) is 0 Å². The van der Waals surface area contributed by atoms with Gasteiger partial charge in [0.25, 0.3) is 0 Å². The molecule has 126 valence electrons. The molecule has 0 spiro atoms. The van der Waals surface area contributed by atoms with E-state index >= 15 is 0 Å². The fourth-order valence-electron chi connectivity index (χ4n) is 3.82. The lowest BCUT2D eigenvalue weighted by atomic mass is 9.87. The third kappa shape index (κ3) is 3.05. The number of benzene rings is 1. The minimum atomic E-state index is 0.561. The summed E-state index contributed by atoms with van der Waals surface area (Å²) < 4.78 is 0. The van der Waals surface area contributed by atoms with Crippen molar-refractivity contribution in [1.29, 1.82) is 0 Å². The van der Waals surface area contributed by atoms with Crippen molar-refractivity contribution in [3.05, 3.63) is 34.3 Å². The first kappa shape index (κ1) is 16.0. The molecular formula is C19H22ClN3S. The zero-order chi connectivity index (χ0) is 16.7. The lowest BCUT2D eigenvalue weighted by molar-refractivity contribution is 0.358. The summed E-state index contributed by atoms with van der Waals surface area (Å²) in [5.74, 6) is 0.814. The van der Waals surface area contributed by atoms with E-state index in [1.807, 2.05) is 18.2 Å². The summed E-state index contributed by atoms with van der Waals surface area (Å²) in [5.41, 5.74) is 4.43. The van der Waals surface area contributed by atoms with Crippen molar-refractivity contribution >= 4 is 39.0 Å². The van der Waals surface area contributed by atoms with E-state index in [2.05, 4.69) is 29.5 Å². The molecule has 1 aliphatic rings. The molecule has 1 saturated carbocycles. The molecule has 1 fully saturated rings. The summed E-state index contributed by atoms with van der Waals surface area (Å²) in [6.07, 6.45) is 5.17. The standard InChI is InChI=1S/C19H22ClN3S/c1-11-4-3-5-14(8-11)22-19-23-17(10-24-19)18-12(2)21-16-7-6-13(20)9-15(16)18/h6-7,9-11,14,21H,3-5,8H2,1-2H3,(H,22,23)/t11-,14-/m0/s1. The monoisotopic (exact) mass is 359 g/mol. The molecule has 1 aliphatic carbocycles. The number of nitrogens with one attached hydrogen (secondary N) is 2. The number of aryl methyl sites for hydroxylation is 1. The Labute approximate surface area is 151 Å². The van der Waals surface area contributed by atoms with Crippen LogP contribution in [0.15, 0.2) is 23.6 Å². The SMILES string of the molecule is Cc1[nH]c2ccc(Cl)cc2c1-c1csc(N[C@H]2CCC[C@H](C)C2)n1. The zero-order valence-electron chi connectivity index (χ0n) is 14.0. The van der Waals surface area contributed by atoms with Crippen LogP contribution < -0.4 is 5.32 Å². The van der Waals surface area contributed by atoms with Crippen molar-refractivity contribution in [2.45, 2.75) is 45.6 Å². The average Bonchev–Trinajstić information content (AvgIpc) is 3.10. The molecule has 0 radical (unpaired) electrons. The Morgan fingerprint density at radius 3 is 3.04 bits per heavy atom. The number of hydrogen-bond donors (Lipinski definition) is 2. The topological polar surface area (TPSA) is 40.7 Å². The van der Waals surface area contributed by atoms with Gasteiger partial charge < -0.3 is 10.3 Å². The van der Waals surface area contributed by atoms with Gasteiger partial charge in [-0.05, 0) is 43.9 Å². The van der Waals surface area contributed by atoms with Crippen LogP contribution in [0.4, 0.5) is 5.13 Å². The Kier molecular flexibility index (Phi) is 4.27. The Morgan fingerprint density at radius 1 is 1.33 bits per heavy atom. The number of fused-ring (bicyclic) bond motifs is 1. The third-order valence-electron chi connectivity index (χ3n) is 4.97. The second kappa shape index (κ2) is 6.41. The molecule has 0 aliphatic heterocycles. The van der Waals surface area contributed by atoms with Crippen molar-refractivity contribution in [3.8, 4) is 11.3 Å². The highest BCUT2D eigenvalue weighted by molar-refractivity contribution is 7.14. The van der Waals surface area contributed by atoms with Crippen molar-refractivity contribution < 1.29 is 0 Å². The highest BCUT2D eigenvalue weighted by Crippen LogP contribution is 2.36. The van der Waals surface area contributed by atoms with Crippen LogP contribution in [0.2, 0.25) is 5.02 Å². The van der Waals surface area contributed by atoms with Crippen molar-refractivity contribution in [3.63, 3.8) is 0 Å². The second-order valence-corrected chi connectivity index (χ2v) is 8.26. The summed E-state index contributed by atoms with van der Waals surface area (Å²) in [5, 5.41) is 8.71. The summed E-state index contributed by atoms with van der Waals surface area (Å²) in [6, 6.07) is 6.53. The largest absolute Gasteiger partial charge is 0.359 e. The van der Waals surface area contributed by atoms with Crippen molar-refractivity contribution in [2.75, 3.05) is 5.32 Å². The number of nitrogens with zero attached hydrogens (tertiary/aromatic N) is 1. The number of anilines is 1. The van der Waals surface area contributed by atoms with Gasteiger partial charge in [-0.15, -0.1) is 11.3 Å². The van der Waals surface area contributed by atoms with Gasteiger partial charge in [-0.3, -0.25) is 0 Å². The fraction of sp³-hybridized carbons (Fsp3) is 0.421. The zero-order valence-corrected chi connectivity index (χ0v) is 15.6. The Bertz CT molecular complexity index is 867. The minimum absolute atomic E-state index is 0.561. The number of thiazole rings is 1. The molecule has 0 amide bonds.